The summed E-state index contributed by atoms with van der Waals surface area (Å²) < 4.78 is 52.3. The van der Waals surface area contributed by atoms with Crippen molar-refractivity contribution in [3.8, 4) is 5.69 Å². The van der Waals surface area contributed by atoms with Crippen LogP contribution in [0.5, 0.6) is 0 Å². The van der Waals surface area contributed by atoms with Crippen LogP contribution in [0, 0.1) is 20.7 Å². The number of aliphatic hydroxyl groups excluding tert-OH is 1. The van der Waals surface area contributed by atoms with Gasteiger partial charge in [-0.25, -0.2) is 4.68 Å². The van der Waals surface area contributed by atoms with Crippen LogP contribution in [0.15, 0.2) is 74.8 Å². The summed E-state index contributed by atoms with van der Waals surface area (Å²) in [7, 11) is 0. The SMILES string of the molecule is CC(C)OC(O)=c1ccc(=c2ccc(=Cc3c(C(F)(F)F)[nH]n(-c4ccc(S[N+](=O)[O-])cc4)c3=O)o2)cc1. The van der Waals surface area contributed by atoms with Crippen molar-refractivity contribution in [2.75, 3.05) is 0 Å². The van der Waals surface area contributed by atoms with Gasteiger partial charge in [-0.15, -0.1) is 0 Å². The number of halogens is 3. The maximum atomic E-state index is 13.8. The van der Waals surface area contributed by atoms with Crippen LogP contribution in [-0.4, -0.2) is 25.3 Å². The number of nitrogens with one attached hydrogen (secondary N) is 1. The minimum atomic E-state index is -4.88. The lowest BCUT2D eigenvalue weighted by Gasteiger charge is -2.07. The van der Waals surface area contributed by atoms with Crippen LogP contribution in [-0.2, 0) is 10.9 Å². The van der Waals surface area contributed by atoms with Crippen LogP contribution in [0.1, 0.15) is 25.1 Å². The van der Waals surface area contributed by atoms with Gasteiger partial charge in [0.25, 0.3) is 23.5 Å². The highest BCUT2D eigenvalue weighted by Crippen LogP contribution is 2.30. The second kappa shape index (κ2) is 10.5. The molecule has 2 aromatic carbocycles. The van der Waals surface area contributed by atoms with Gasteiger partial charge < -0.3 is 14.3 Å². The van der Waals surface area contributed by atoms with Crippen molar-refractivity contribution < 1.29 is 31.8 Å². The summed E-state index contributed by atoms with van der Waals surface area (Å²) in [5, 5.41) is 23.7. The van der Waals surface area contributed by atoms with Gasteiger partial charge in [-0.3, -0.25) is 20.0 Å². The summed E-state index contributed by atoms with van der Waals surface area (Å²) in [5.74, 6) is -0.241. The molecule has 0 spiro atoms. The van der Waals surface area contributed by atoms with Gasteiger partial charge in [-0.05, 0) is 68.5 Å². The number of furan rings is 1. The molecule has 0 atom stereocenters. The van der Waals surface area contributed by atoms with Crippen molar-refractivity contribution in [2.24, 2.45) is 0 Å². The molecular formula is C25H20F3N3O6S. The fraction of sp³-hybridized carbons (Fsp3) is 0.160. The normalized spacial score (nSPS) is 12.2. The van der Waals surface area contributed by atoms with Crippen LogP contribution in [0.3, 0.4) is 0 Å². The van der Waals surface area contributed by atoms with Crippen molar-refractivity contribution >= 4 is 24.0 Å². The summed E-state index contributed by atoms with van der Waals surface area (Å²) in [6, 6.07) is 14.7. The van der Waals surface area contributed by atoms with E-state index in [9.17, 15) is 33.2 Å². The summed E-state index contributed by atoms with van der Waals surface area (Å²) in [5.41, 5.74) is -2.52. The average Bonchev–Trinajstić information content (AvgIpc) is 3.44. The predicted octanol–water partition coefficient (Wildman–Crippen LogP) is 4.23. The first-order valence-electron chi connectivity index (χ1n) is 11.1. The van der Waals surface area contributed by atoms with Crippen molar-refractivity contribution in [3.63, 3.8) is 0 Å². The fourth-order valence-corrected chi connectivity index (χ4v) is 3.95. The lowest BCUT2D eigenvalue weighted by atomic mass is 10.2. The molecule has 0 radical (unpaired) electrons. The minimum Gasteiger partial charge on any atom is -0.481 e. The van der Waals surface area contributed by atoms with Gasteiger partial charge in [0.2, 0.25) is 0 Å². The van der Waals surface area contributed by atoms with E-state index in [1.807, 2.05) is 0 Å². The molecule has 0 aliphatic rings. The number of aromatic nitrogens is 2. The van der Waals surface area contributed by atoms with E-state index in [1.165, 1.54) is 30.3 Å². The Balaban J connectivity index is 1.78. The predicted molar refractivity (Wildman–Crippen MR) is 132 cm³/mol. The number of rotatable bonds is 6. The van der Waals surface area contributed by atoms with Crippen molar-refractivity contribution in [1.29, 1.82) is 0 Å². The molecule has 2 aromatic heterocycles. The zero-order valence-corrected chi connectivity index (χ0v) is 20.7. The van der Waals surface area contributed by atoms with Crippen molar-refractivity contribution in [3.05, 3.63) is 114 Å². The molecule has 0 unspecified atom stereocenters. The van der Waals surface area contributed by atoms with E-state index in [4.69, 9.17) is 9.15 Å². The topological polar surface area (TPSA) is 124 Å². The third kappa shape index (κ3) is 5.94. The van der Waals surface area contributed by atoms with Gasteiger partial charge in [0.1, 0.15) is 20.9 Å². The monoisotopic (exact) mass is 547 g/mol. The van der Waals surface area contributed by atoms with Crippen LogP contribution < -0.4 is 16.2 Å². The number of H-pyrrole nitrogens is 1. The smallest absolute Gasteiger partial charge is 0.433 e. The van der Waals surface area contributed by atoms with Crippen molar-refractivity contribution in [1.82, 2.24) is 9.78 Å². The Kier molecular flexibility index (Phi) is 7.39. The first-order valence-corrected chi connectivity index (χ1v) is 11.8. The highest BCUT2D eigenvalue weighted by molar-refractivity contribution is 7.93. The standard InChI is InChI=1S/C25H20F3N3O6S/c1-14(2)36-24(33)16-5-3-15(4-6-16)21-12-9-18(37-21)13-20-22(25(26,27)28)29-30(23(20)32)17-7-10-19(11-8-17)38-31(34)35/h3-14,29,33H,1-2H3. The second-order valence-corrected chi connectivity index (χ2v) is 9.20. The Morgan fingerprint density at radius 3 is 2.37 bits per heavy atom. The van der Waals surface area contributed by atoms with Gasteiger partial charge in [0.05, 0.1) is 27.5 Å². The zero-order valence-electron chi connectivity index (χ0n) is 19.9. The molecule has 0 saturated heterocycles. The molecule has 9 nitrogen and oxygen atoms in total. The number of hydrogen-bond acceptors (Lipinski definition) is 7. The summed E-state index contributed by atoms with van der Waals surface area (Å²) >= 11 is 0.332. The molecule has 0 aliphatic carbocycles. The summed E-state index contributed by atoms with van der Waals surface area (Å²) in [4.78, 5) is 23.8. The molecule has 13 heteroatoms. The van der Waals surface area contributed by atoms with E-state index >= 15 is 0 Å². The van der Waals surface area contributed by atoms with Crippen LogP contribution in [0.2, 0.25) is 0 Å². The number of nitrogens with zero attached hydrogens (tertiary/aromatic N) is 2. The molecular weight excluding hydrogens is 527 g/mol. The van der Waals surface area contributed by atoms with E-state index in [2.05, 4.69) is 5.10 Å². The van der Waals surface area contributed by atoms with Crippen LogP contribution in [0.4, 0.5) is 13.2 Å². The third-order valence-corrected chi connectivity index (χ3v) is 5.79. The molecule has 0 bridgehead atoms. The number of benzene rings is 2. The van der Waals surface area contributed by atoms with Crippen LogP contribution >= 0.6 is 11.9 Å². The van der Waals surface area contributed by atoms with Crippen LogP contribution in [0.25, 0.3) is 17.7 Å². The Hall–Kier alpha value is -4.39. The van der Waals surface area contributed by atoms with E-state index < -0.39 is 27.3 Å². The summed E-state index contributed by atoms with van der Waals surface area (Å²) in [6.45, 7) is 3.53. The zero-order chi connectivity index (χ0) is 27.6. The summed E-state index contributed by atoms with van der Waals surface area (Å²) in [6.07, 6.45) is -4.10. The minimum absolute atomic E-state index is 0.00751. The molecule has 0 aliphatic heterocycles. The molecule has 2 N–H and O–H groups in total. The highest BCUT2D eigenvalue weighted by Gasteiger charge is 2.37. The number of aliphatic hydroxyl groups is 1. The largest absolute Gasteiger partial charge is 0.481 e. The maximum Gasteiger partial charge on any atom is 0.433 e. The fourth-order valence-electron chi connectivity index (χ4n) is 3.52. The molecule has 38 heavy (non-hydrogen) atoms. The molecule has 0 saturated carbocycles. The Labute approximate surface area is 216 Å². The van der Waals surface area contributed by atoms with E-state index in [0.717, 1.165) is 6.08 Å². The van der Waals surface area contributed by atoms with Gasteiger partial charge in [0, 0.05) is 5.22 Å². The van der Waals surface area contributed by atoms with E-state index in [-0.39, 0.29) is 28.0 Å². The van der Waals surface area contributed by atoms with E-state index in [0.29, 0.717) is 32.5 Å². The van der Waals surface area contributed by atoms with Gasteiger partial charge in [0.15, 0.2) is 0 Å². The number of hydrogen-bond donors (Lipinski definition) is 2. The van der Waals surface area contributed by atoms with E-state index in [1.54, 1.807) is 44.2 Å². The third-order valence-electron chi connectivity index (χ3n) is 5.16. The van der Waals surface area contributed by atoms with Crippen molar-refractivity contribution in [2.45, 2.75) is 31.0 Å². The maximum absolute atomic E-state index is 13.8. The van der Waals surface area contributed by atoms with Gasteiger partial charge >= 0.3 is 6.18 Å². The first-order chi connectivity index (χ1) is 17.9. The number of alkyl halides is 3. The number of nitro groups is 1. The van der Waals surface area contributed by atoms with Gasteiger partial charge in [-0.2, -0.15) is 13.2 Å². The lowest BCUT2D eigenvalue weighted by Crippen LogP contribution is -2.17. The Morgan fingerprint density at radius 1 is 1.13 bits per heavy atom. The molecule has 198 valence electrons. The molecule has 2 heterocycles. The Morgan fingerprint density at radius 2 is 1.79 bits per heavy atom. The molecule has 4 rings (SSSR count). The quantitative estimate of drug-likeness (QED) is 0.210. The molecule has 0 fully saturated rings. The van der Waals surface area contributed by atoms with Gasteiger partial charge in [-0.1, -0.05) is 12.1 Å². The molecule has 0 amide bonds. The molecule has 4 aromatic rings. The lowest BCUT2D eigenvalue weighted by molar-refractivity contribution is -0.284. The first kappa shape index (κ1) is 26.7. The second-order valence-electron chi connectivity index (χ2n) is 8.24. The Bertz CT molecular complexity index is 1730. The number of ether oxygens (including phenoxy) is 1. The highest BCUT2D eigenvalue weighted by atomic mass is 32.2. The average molecular weight is 548 g/mol. The number of aromatic amines is 1.